The molecule has 10 aromatic rings. The van der Waals surface area contributed by atoms with Crippen molar-refractivity contribution in [1.82, 2.24) is 60.4 Å². The molecule has 8 aromatic heterocycles. The van der Waals surface area contributed by atoms with Crippen molar-refractivity contribution in [3.63, 3.8) is 0 Å². The van der Waals surface area contributed by atoms with Gasteiger partial charge in [-0.3, -0.25) is 28.8 Å². The molecular weight excluding hydrogens is 1230 g/mol. The molecule has 10 heterocycles. The monoisotopic (exact) mass is 1280 g/mol. The summed E-state index contributed by atoms with van der Waals surface area (Å²) < 4.78 is 5.96. The fraction of sp³-hybridized carbons (Fsp3) is 0.241. The van der Waals surface area contributed by atoms with Gasteiger partial charge in [-0.1, -0.05) is 49.4 Å². The molecule has 0 unspecified atom stereocenters. The van der Waals surface area contributed by atoms with Gasteiger partial charge in [0.15, 0.2) is 5.78 Å². The van der Waals surface area contributed by atoms with Crippen LogP contribution in [0.4, 0.5) is 0 Å². The molecule has 10 bridgehead atoms. The number of aromatic nitrogens is 9. The smallest absolute Gasteiger partial charge is 0.271 e. The van der Waals surface area contributed by atoms with Gasteiger partial charge >= 0.3 is 0 Å². The van der Waals surface area contributed by atoms with Gasteiger partial charge in [-0.05, 0) is 42.3 Å². The van der Waals surface area contributed by atoms with Crippen molar-refractivity contribution in [2.45, 2.75) is 76.0 Å². The van der Waals surface area contributed by atoms with E-state index in [4.69, 9.17) is 46.1 Å². The van der Waals surface area contributed by atoms with Crippen molar-refractivity contribution in [3.8, 4) is 49.1 Å². The van der Waals surface area contributed by atoms with E-state index >= 15 is 4.79 Å². The van der Waals surface area contributed by atoms with Gasteiger partial charge in [0, 0.05) is 68.6 Å². The molecule has 1 saturated heterocycles. The Morgan fingerprint density at radius 3 is 2.15 bits per heavy atom. The number of nitrogens with one attached hydrogen (secondary N) is 3. The number of pyridine rings is 1. The van der Waals surface area contributed by atoms with Gasteiger partial charge in [-0.15, -0.1) is 68.0 Å². The van der Waals surface area contributed by atoms with Crippen molar-refractivity contribution >= 4 is 103 Å². The SMILES string of the molecule is Cc1sc2nc1C(=O)C[C@@H]([C@H](O)c1ccccc1)c1nc(cs1)C(=O)N[C@@H](Cc1ccc(OCc3cnc[nH]3)cc1)C(=O)N1C[C@H](O)[C@H](C)[C@H]1c1nc(cs1)-c1nc(cs1)-c1nc(-c3nc(C(N)=O)cs3)ccc1-c1nc(cs1)C(=O)N[C@H]2CC(N)=O. The molecule has 87 heavy (non-hydrogen) atoms. The van der Waals surface area contributed by atoms with Crippen LogP contribution in [0, 0.1) is 12.8 Å². The lowest BCUT2D eigenvalue weighted by atomic mass is 9.90. The number of fused-ring (bicyclic) bond motifs is 16. The summed E-state index contributed by atoms with van der Waals surface area (Å²) >= 11 is 7.05. The number of H-pyrrole nitrogens is 1. The van der Waals surface area contributed by atoms with E-state index in [1.165, 1.54) is 44.8 Å². The van der Waals surface area contributed by atoms with Crippen molar-refractivity contribution in [1.29, 1.82) is 0 Å². The molecule has 29 heteroatoms. The number of aryl methyl sites for hydroxylation is 1. The molecule has 7 atom stereocenters. The van der Waals surface area contributed by atoms with Gasteiger partial charge in [0.05, 0.1) is 59.6 Å². The Morgan fingerprint density at radius 1 is 0.724 bits per heavy atom. The van der Waals surface area contributed by atoms with Crippen LogP contribution in [-0.2, 0) is 22.6 Å². The molecule has 442 valence electrons. The summed E-state index contributed by atoms with van der Waals surface area (Å²) in [5.41, 5.74) is 15.4. The van der Waals surface area contributed by atoms with Crippen molar-refractivity contribution < 1.29 is 43.7 Å². The first-order valence-electron chi connectivity index (χ1n) is 26.9. The molecule has 0 spiro atoms. The van der Waals surface area contributed by atoms with Gasteiger partial charge in [-0.25, -0.2) is 39.9 Å². The summed E-state index contributed by atoms with van der Waals surface area (Å²) in [7, 11) is 0. The number of nitrogens with two attached hydrogens (primary N) is 2. The van der Waals surface area contributed by atoms with E-state index < -0.39 is 77.5 Å². The largest absolute Gasteiger partial charge is 0.487 e. The summed E-state index contributed by atoms with van der Waals surface area (Å²) in [6.07, 6.45) is 0.257. The molecule has 0 saturated carbocycles. The molecule has 12 rings (SSSR count). The van der Waals surface area contributed by atoms with Gasteiger partial charge in [0.2, 0.25) is 11.8 Å². The first-order chi connectivity index (χ1) is 42.0. The topological polar surface area (TPSA) is 350 Å². The van der Waals surface area contributed by atoms with E-state index in [2.05, 4.69) is 25.6 Å². The Labute approximate surface area is 518 Å². The van der Waals surface area contributed by atoms with Gasteiger partial charge in [0.1, 0.15) is 83.3 Å². The van der Waals surface area contributed by atoms with E-state index in [9.17, 15) is 34.2 Å². The maximum absolute atomic E-state index is 15.4. The normalized spacial score (nSPS) is 19.5. The number of aliphatic hydroxyl groups is 2. The van der Waals surface area contributed by atoms with Crippen LogP contribution in [0.25, 0.3) is 43.4 Å². The van der Waals surface area contributed by atoms with Crippen LogP contribution < -0.4 is 26.8 Å². The van der Waals surface area contributed by atoms with E-state index in [-0.39, 0.29) is 65.2 Å². The van der Waals surface area contributed by atoms with Crippen LogP contribution in [0.3, 0.4) is 0 Å². The van der Waals surface area contributed by atoms with E-state index in [1.807, 2.05) is 12.3 Å². The number of benzene rings is 2. The zero-order valence-electron chi connectivity index (χ0n) is 45.9. The minimum atomic E-state index is -1.30. The standard InChI is InChI=1S/C58H50N14O9S6/c1-26-43(74)18-72-47(26)57-70-41(24-86-57)55-66-37(20-84-55)46-32(12-13-34(63-46)54-67-38(21-85-54)49(60)77)52-68-39(22-82-52)50(78)64-35(16-44(59)75)56-71-45(27(2)87-56)42(73)15-33(48(76)29-6-4-3-5-7-29)53-69-40(23-83-53)51(79)65-36(58(72)80)14-28-8-10-31(11-9-28)81-19-30-17-61-25-62-30/h3-13,17,20-26,33,35-36,43,47-48,74,76H,14-16,18-19H2,1-2H3,(H2,59,75)(H2,60,77)(H,61,62)(H,64,78)(H,65,79)/t26-,33-,35-,36-,43-,47-,48+/m0/s1. The second-order valence-corrected chi connectivity index (χ2v) is 26.1. The predicted molar refractivity (Wildman–Crippen MR) is 327 cm³/mol. The average Bonchev–Trinajstić information content (AvgIpc) is 2.40. The third kappa shape index (κ3) is 12.5. The number of imidazole rings is 1. The van der Waals surface area contributed by atoms with Crippen LogP contribution in [0.2, 0.25) is 0 Å². The number of hydrogen-bond donors (Lipinski definition) is 7. The van der Waals surface area contributed by atoms with Crippen molar-refractivity contribution in [3.05, 3.63) is 166 Å². The van der Waals surface area contributed by atoms with Crippen LogP contribution in [0.1, 0.15) is 123 Å². The lowest BCUT2D eigenvalue weighted by Crippen LogP contribution is -2.50. The lowest BCUT2D eigenvalue weighted by molar-refractivity contribution is -0.134. The number of thiazole rings is 6. The lowest BCUT2D eigenvalue weighted by Gasteiger charge is -2.29. The summed E-state index contributed by atoms with van der Waals surface area (Å²) in [6.45, 7) is 3.68. The first kappa shape index (κ1) is 58.7. The second kappa shape index (κ2) is 25.0. The van der Waals surface area contributed by atoms with E-state index in [0.29, 0.717) is 70.1 Å². The van der Waals surface area contributed by atoms with Gasteiger partial charge in [-0.2, -0.15) is 0 Å². The number of nitrogens with zero attached hydrogens (tertiary/aromatic N) is 9. The first-order valence-corrected chi connectivity index (χ1v) is 32.1. The summed E-state index contributed by atoms with van der Waals surface area (Å²) in [6, 6.07) is 16.3. The molecule has 9 N–H and O–H groups in total. The summed E-state index contributed by atoms with van der Waals surface area (Å²) in [5.74, 6) is -4.77. The number of ether oxygens (including phenoxy) is 1. The Hall–Kier alpha value is -8.68. The molecule has 2 aliphatic rings. The summed E-state index contributed by atoms with van der Waals surface area (Å²) in [4.78, 5) is 126. The molecule has 0 aliphatic carbocycles. The molecule has 2 aliphatic heterocycles. The number of ketones is 1. The molecule has 23 nitrogen and oxygen atoms in total. The molecule has 5 amide bonds. The zero-order valence-corrected chi connectivity index (χ0v) is 50.7. The van der Waals surface area contributed by atoms with Crippen LogP contribution in [0.5, 0.6) is 5.75 Å². The highest BCUT2D eigenvalue weighted by atomic mass is 32.1. The Morgan fingerprint density at radius 2 is 1.40 bits per heavy atom. The maximum atomic E-state index is 15.4. The molecular formula is C58H50N14O9S6. The van der Waals surface area contributed by atoms with Crippen LogP contribution >= 0.6 is 68.0 Å². The minimum absolute atomic E-state index is 0.00541. The number of aromatic amines is 1. The van der Waals surface area contributed by atoms with E-state index in [0.717, 1.165) is 39.7 Å². The second-order valence-electron chi connectivity index (χ2n) is 20.6. The molecule has 1 fully saturated rings. The maximum Gasteiger partial charge on any atom is 0.271 e. The number of Topliss-reactive ketones (excluding diaryl/α,β-unsaturated/α-hetero) is 1. The highest BCUT2D eigenvalue weighted by Crippen LogP contribution is 2.43. The Kier molecular flexibility index (Phi) is 16.8. The Bertz CT molecular complexity index is 4210. The van der Waals surface area contributed by atoms with Crippen molar-refractivity contribution in [2.75, 3.05) is 6.54 Å². The number of carbonyl (C=O) groups excluding carboxylic acids is 6. The predicted octanol–water partition coefficient (Wildman–Crippen LogP) is 7.87. The number of rotatable bonds is 11. The molecule has 0 radical (unpaired) electrons. The van der Waals surface area contributed by atoms with Crippen LogP contribution in [-0.4, -0.2) is 114 Å². The fourth-order valence-electron chi connectivity index (χ4n) is 10.2. The third-order valence-corrected chi connectivity index (χ3v) is 20.3. The third-order valence-electron chi connectivity index (χ3n) is 14.7. The van der Waals surface area contributed by atoms with Gasteiger partial charge < -0.3 is 46.9 Å². The summed E-state index contributed by atoms with van der Waals surface area (Å²) in [5, 5.41) is 40.0. The molecule has 2 aromatic carbocycles. The van der Waals surface area contributed by atoms with Crippen LogP contribution in [0.15, 0.2) is 106 Å². The highest BCUT2D eigenvalue weighted by molar-refractivity contribution is 7.15. The Balaban J connectivity index is 0.947. The van der Waals surface area contributed by atoms with Gasteiger partial charge in [0.25, 0.3) is 17.7 Å². The quantitative estimate of drug-likeness (QED) is 0.0647. The number of primary amides is 2. The number of carbonyl (C=O) groups is 6. The fourth-order valence-corrected chi connectivity index (χ4v) is 15.6. The number of hydrogen-bond acceptors (Lipinski definition) is 23. The average molecular weight is 1280 g/mol. The zero-order chi connectivity index (χ0) is 60.6. The minimum Gasteiger partial charge on any atom is -0.487 e. The number of amides is 5. The van der Waals surface area contributed by atoms with Crippen molar-refractivity contribution in [2.24, 2.45) is 17.4 Å². The van der Waals surface area contributed by atoms with E-state index in [1.54, 1.807) is 102 Å². The highest BCUT2D eigenvalue weighted by Gasteiger charge is 2.45. The number of aliphatic hydroxyl groups excluding tert-OH is 2.